The fourth-order valence-electron chi connectivity index (χ4n) is 10.9. The number of benzene rings is 2. The van der Waals surface area contributed by atoms with Gasteiger partial charge in [0.25, 0.3) is 0 Å². The summed E-state index contributed by atoms with van der Waals surface area (Å²) in [6.45, 7) is 11.9. The van der Waals surface area contributed by atoms with E-state index >= 15 is 0 Å². The molecule has 3 fully saturated rings. The smallest absolute Gasteiger partial charge is 0.303 e. The monoisotopic (exact) mass is 1200 g/mol. The first kappa shape index (κ1) is 68.6. The molecule has 3 heterocycles. The lowest BCUT2D eigenvalue weighted by molar-refractivity contribution is -0.143. The number of aliphatic hydroxyl groups is 1. The van der Waals surface area contributed by atoms with Gasteiger partial charge in [-0.1, -0.05) is 102 Å². The molecule has 0 bridgehead atoms. The quantitative estimate of drug-likeness (QED) is 0.0534. The van der Waals surface area contributed by atoms with Gasteiger partial charge in [-0.3, -0.25) is 57.7 Å². The van der Waals surface area contributed by atoms with Gasteiger partial charge in [0, 0.05) is 38.9 Å². The number of aliphatic hydroxyl groups excluding tert-OH is 1. The van der Waals surface area contributed by atoms with Crippen molar-refractivity contribution >= 4 is 71.0 Å². The number of hydrogen-bond acceptors (Lipinski definition) is 13. The highest BCUT2D eigenvalue weighted by Gasteiger charge is 2.43. The second-order valence-electron chi connectivity index (χ2n) is 23.7. The summed E-state index contributed by atoms with van der Waals surface area (Å²) in [6, 6.07) is 3.75. The molecule has 11 atom stereocenters. The summed E-state index contributed by atoms with van der Waals surface area (Å²) in [5.74, 6) is -10.7. The molecule has 0 spiro atoms. The standard InChI is InChI=1S/C60H89N13O13/c1-33(2)29-41-52(79)68-44(32-38-19-12-9-13-20-38)59(86)73-28-16-23-46(73)55(82)71-49(36(7)74)57(84)65-40(24-25-47(75)76)51(78)67-42(30-34(3)4)53(80)69-43(31-37-17-10-8-11-18-37)58(85)72-27-15-22-45(72)54(81)70-48(35(5)6)56(83)64-39(50(77)66-41)21-14-26-63-60(61)62/h8-13,17-20,33-36,39-46,48-49,74H,14-16,21-32H2,1-7H3,(H,64,83)(H,65,84)(H,66,77)(H,67,78)(H,68,79)(H,69,80)(H,70,81)(H,71,82)(H,75,76)(H4,61,62,63)/t36-,39+,40+,41+,42+,43-,44-,45+,46+,48?,49+/m1/s1. The van der Waals surface area contributed by atoms with Crippen LogP contribution in [0.4, 0.5) is 0 Å². The van der Waals surface area contributed by atoms with E-state index in [9.17, 15) is 63.0 Å². The van der Waals surface area contributed by atoms with Crippen molar-refractivity contribution in [1.29, 1.82) is 0 Å². The van der Waals surface area contributed by atoms with Gasteiger partial charge in [0.2, 0.25) is 59.1 Å². The first-order valence-corrected chi connectivity index (χ1v) is 29.8. The number of carbonyl (C=O) groups is 11. The first-order chi connectivity index (χ1) is 40.7. The Morgan fingerprint density at radius 3 is 1.30 bits per heavy atom. The zero-order chi connectivity index (χ0) is 63.4. The average molecular weight is 1200 g/mol. The topological polar surface area (TPSA) is 395 Å². The Kier molecular flexibility index (Phi) is 26.3. The lowest BCUT2D eigenvalue weighted by Gasteiger charge is -2.32. The van der Waals surface area contributed by atoms with E-state index in [1.54, 1.807) is 88.4 Å². The Balaban J connectivity index is 1.61. The molecule has 5 rings (SSSR count). The van der Waals surface area contributed by atoms with Crippen molar-refractivity contribution in [2.45, 2.75) is 192 Å². The molecule has 10 amide bonds. The molecule has 2 aromatic carbocycles. The van der Waals surface area contributed by atoms with Gasteiger partial charge in [0.05, 0.1) is 6.10 Å². The number of carbonyl (C=O) groups excluding carboxylic acids is 10. The number of nitrogens with zero attached hydrogens (tertiary/aromatic N) is 3. The SMILES string of the molecule is CC(C)C[C@@H]1NC(=O)[C@H](CCC(=O)O)NC(=O)[C@H]([C@@H](C)O)NC(=O)[C@@H]2CCCN2C(=O)[C@@H](Cc2ccccc2)NC(=O)[C@H](CC(C)C)NC(=O)[C@H](CCCN=C(N)N)NC(=O)C(C(C)C)NC(=O)[C@@H]2CCCN2C(=O)[C@@H](Cc2ccccc2)NC1=O. The maximum atomic E-state index is 14.9. The molecule has 3 aliphatic rings. The summed E-state index contributed by atoms with van der Waals surface area (Å²) >= 11 is 0. The highest BCUT2D eigenvalue weighted by Crippen LogP contribution is 2.23. The zero-order valence-corrected chi connectivity index (χ0v) is 50.3. The number of nitrogens with two attached hydrogens (primary N) is 2. The number of carboxylic acid groups (broad SMARTS) is 1. The van der Waals surface area contributed by atoms with E-state index in [4.69, 9.17) is 11.5 Å². The minimum atomic E-state index is -1.77. The molecule has 14 N–H and O–H groups in total. The molecule has 1 unspecified atom stereocenters. The minimum absolute atomic E-state index is 0.00696. The van der Waals surface area contributed by atoms with E-state index in [-0.39, 0.29) is 88.8 Å². The third-order valence-corrected chi connectivity index (χ3v) is 15.3. The molecule has 3 saturated heterocycles. The number of nitrogens with one attached hydrogen (secondary N) is 8. The fraction of sp³-hybridized carbons (Fsp3) is 0.600. The number of rotatable bonds is 17. The van der Waals surface area contributed by atoms with Crippen LogP contribution in [0.15, 0.2) is 65.7 Å². The van der Waals surface area contributed by atoms with Crippen molar-refractivity contribution in [1.82, 2.24) is 52.3 Å². The van der Waals surface area contributed by atoms with Crippen LogP contribution in [0.25, 0.3) is 0 Å². The predicted molar refractivity (Wildman–Crippen MR) is 317 cm³/mol. The van der Waals surface area contributed by atoms with Crippen LogP contribution in [0.1, 0.15) is 124 Å². The fourth-order valence-corrected chi connectivity index (χ4v) is 10.9. The van der Waals surface area contributed by atoms with Crippen LogP contribution in [0.2, 0.25) is 0 Å². The maximum absolute atomic E-state index is 14.9. The summed E-state index contributed by atoms with van der Waals surface area (Å²) < 4.78 is 0. The van der Waals surface area contributed by atoms with Crippen LogP contribution in [0, 0.1) is 17.8 Å². The van der Waals surface area contributed by atoms with Gasteiger partial charge in [-0.15, -0.1) is 0 Å². The average Bonchev–Trinajstić information content (AvgIpc) is 2.60. The van der Waals surface area contributed by atoms with Crippen LogP contribution in [0.5, 0.6) is 0 Å². The van der Waals surface area contributed by atoms with E-state index in [0.717, 1.165) is 0 Å². The van der Waals surface area contributed by atoms with Gasteiger partial charge in [-0.25, -0.2) is 0 Å². The molecule has 0 radical (unpaired) electrons. The largest absolute Gasteiger partial charge is 0.481 e. The second-order valence-corrected chi connectivity index (χ2v) is 23.7. The summed E-state index contributed by atoms with van der Waals surface area (Å²) in [6.07, 6.45) is -1.75. The van der Waals surface area contributed by atoms with Gasteiger partial charge in [-0.2, -0.15) is 0 Å². The molecule has 2 aromatic rings. The summed E-state index contributed by atoms with van der Waals surface area (Å²) in [7, 11) is 0. The maximum Gasteiger partial charge on any atom is 0.303 e. The molecule has 26 nitrogen and oxygen atoms in total. The Morgan fingerprint density at radius 2 is 0.907 bits per heavy atom. The summed E-state index contributed by atoms with van der Waals surface area (Å²) in [4.78, 5) is 164. The van der Waals surface area contributed by atoms with Crippen molar-refractivity contribution in [3.05, 3.63) is 71.8 Å². The van der Waals surface area contributed by atoms with Crippen LogP contribution in [-0.2, 0) is 65.6 Å². The van der Waals surface area contributed by atoms with Crippen molar-refractivity contribution in [2.24, 2.45) is 34.2 Å². The Morgan fingerprint density at radius 1 is 0.523 bits per heavy atom. The molecule has 0 saturated carbocycles. The molecule has 472 valence electrons. The highest BCUT2D eigenvalue weighted by molar-refractivity contribution is 6.00. The zero-order valence-electron chi connectivity index (χ0n) is 50.3. The molecule has 26 heteroatoms. The van der Waals surface area contributed by atoms with Gasteiger partial charge in [-0.05, 0) is 93.6 Å². The van der Waals surface area contributed by atoms with Crippen molar-refractivity contribution in [2.75, 3.05) is 19.6 Å². The van der Waals surface area contributed by atoms with Crippen LogP contribution >= 0.6 is 0 Å². The molecule has 86 heavy (non-hydrogen) atoms. The Hall–Kier alpha value is -8.16. The highest BCUT2D eigenvalue weighted by atomic mass is 16.4. The number of amides is 10. The molecule has 0 aromatic heterocycles. The van der Waals surface area contributed by atoms with Crippen LogP contribution in [0.3, 0.4) is 0 Å². The van der Waals surface area contributed by atoms with Gasteiger partial charge >= 0.3 is 5.97 Å². The lowest BCUT2D eigenvalue weighted by atomic mass is 9.99. The third kappa shape index (κ3) is 20.5. The van der Waals surface area contributed by atoms with Crippen molar-refractivity contribution < 1.29 is 63.0 Å². The third-order valence-electron chi connectivity index (χ3n) is 15.3. The summed E-state index contributed by atoms with van der Waals surface area (Å²) in [5, 5.41) is 42.4. The van der Waals surface area contributed by atoms with Gasteiger partial charge in [0.1, 0.15) is 60.4 Å². The van der Waals surface area contributed by atoms with Crippen molar-refractivity contribution in [3.63, 3.8) is 0 Å². The van der Waals surface area contributed by atoms with E-state index in [2.05, 4.69) is 47.5 Å². The lowest BCUT2D eigenvalue weighted by Crippen LogP contribution is -2.62. The first-order valence-electron chi connectivity index (χ1n) is 29.8. The van der Waals surface area contributed by atoms with Crippen LogP contribution < -0.4 is 54.0 Å². The second kappa shape index (κ2) is 32.9. The normalized spacial score (nSPS) is 26.0. The number of guanidine groups is 1. The number of carboxylic acids is 1. The van der Waals surface area contributed by atoms with E-state index in [1.807, 2.05) is 13.8 Å². The molecule has 3 aliphatic heterocycles. The van der Waals surface area contributed by atoms with E-state index in [0.29, 0.717) is 24.0 Å². The van der Waals surface area contributed by atoms with Gasteiger partial charge in [0.15, 0.2) is 5.96 Å². The number of aliphatic imine (C=N–C) groups is 1. The van der Waals surface area contributed by atoms with E-state index < -0.39 is 150 Å². The summed E-state index contributed by atoms with van der Waals surface area (Å²) in [5.41, 5.74) is 12.5. The molecular weight excluding hydrogens is 1110 g/mol. The molecule has 0 aliphatic carbocycles. The predicted octanol–water partition coefficient (Wildman–Crippen LogP) is -0.607. The Labute approximate surface area is 502 Å². The van der Waals surface area contributed by atoms with Gasteiger partial charge < -0.3 is 74.0 Å². The Bertz CT molecular complexity index is 2720. The minimum Gasteiger partial charge on any atom is -0.481 e. The van der Waals surface area contributed by atoms with Crippen LogP contribution in [-0.4, -0.2) is 177 Å². The number of hydrogen-bond donors (Lipinski definition) is 12. The van der Waals surface area contributed by atoms with E-state index in [1.165, 1.54) is 16.7 Å². The van der Waals surface area contributed by atoms with Crippen molar-refractivity contribution in [3.8, 4) is 0 Å². The molecular formula is C60H89N13O13. The number of fused-ring (bicyclic) bond motifs is 2. The number of aliphatic carboxylic acids is 1.